The van der Waals surface area contributed by atoms with Gasteiger partial charge in [0.25, 0.3) is 0 Å². The fourth-order valence-corrected chi connectivity index (χ4v) is 1.72. The first-order valence-electron chi connectivity index (χ1n) is 6.45. The molecule has 2 N–H and O–H groups in total. The second kappa shape index (κ2) is 5.87. The van der Waals surface area contributed by atoms with Gasteiger partial charge < -0.3 is 14.9 Å². The molecule has 0 saturated carbocycles. The highest BCUT2D eigenvalue weighted by molar-refractivity contribution is 6.30. The van der Waals surface area contributed by atoms with Gasteiger partial charge in [0, 0.05) is 10.6 Å². The van der Waals surface area contributed by atoms with Crippen molar-refractivity contribution in [3.63, 3.8) is 0 Å². The summed E-state index contributed by atoms with van der Waals surface area (Å²) < 4.78 is 11.2. The maximum Gasteiger partial charge on any atom is 0.249 e. The van der Waals surface area contributed by atoms with Gasteiger partial charge in [0.05, 0.1) is 5.69 Å². The van der Waals surface area contributed by atoms with E-state index >= 15 is 0 Å². The number of aryl methyl sites for hydroxylation is 1. The molecule has 1 aromatic heterocycles. The van der Waals surface area contributed by atoms with Crippen LogP contribution in [0.4, 0.5) is 0 Å². The van der Waals surface area contributed by atoms with Crippen LogP contribution in [-0.2, 0) is 16.1 Å². The molecule has 0 bridgehead atoms. The first-order chi connectivity index (χ1) is 9.79. The van der Waals surface area contributed by atoms with Gasteiger partial charge in [0.15, 0.2) is 5.76 Å². The molecular formula is C15H17ClN2O3. The zero-order chi connectivity index (χ0) is 15.6. The third-order valence-electron chi connectivity index (χ3n) is 3.14. The predicted molar refractivity (Wildman–Crippen MR) is 79.7 cm³/mol. The predicted octanol–water partition coefficient (Wildman–Crippen LogP) is 3.08. The number of carbonyl (C=O) groups excluding carboxylic acids is 1. The summed E-state index contributed by atoms with van der Waals surface area (Å²) in [6.07, 6.45) is 0. The summed E-state index contributed by atoms with van der Waals surface area (Å²) in [7, 11) is 0. The van der Waals surface area contributed by atoms with Crippen LogP contribution in [0.2, 0.25) is 5.02 Å². The second-order valence-corrected chi connectivity index (χ2v) is 5.63. The minimum absolute atomic E-state index is 0.127. The van der Waals surface area contributed by atoms with Gasteiger partial charge in [0.2, 0.25) is 11.8 Å². The Labute approximate surface area is 128 Å². The molecule has 5 nitrogen and oxygen atoms in total. The van der Waals surface area contributed by atoms with Crippen LogP contribution in [0.25, 0.3) is 11.5 Å². The Morgan fingerprint density at radius 1 is 1.38 bits per heavy atom. The number of benzene rings is 1. The molecule has 2 rings (SSSR count). The molecule has 0 atom stereocenters. The maximum absolute atomic E-state index is 11.2. The van der Waals surface area contributed by atoms with Gasteiger partial charge in [-0.1, -0.05) is 11.6 Å². The number of aromatic nitrogens is 1. The van der Waals surface area contributed by atoms with Gasteiger partial charge in [-0.2, -0.15) is 0 Å². The molecule has 112 valence electrons. The lowest BCUT2D eigenvalue weighted by Gasteiger charge is -2.20. The minimum Gasteiger partial charge on any atom is -0.438 e. The van der Waals surface area contributed by atoms with Crippen molar-refractivity contribution in [1.29, 1.82) is 0 Å². The molecule has 1 aromatic carbocycles. The highest BCUT2D eigenvalue weighted by Gasteiger charge is 2.26. The second-order valence-electron chi connectivity index (χ2n) is 5.20. The molecule has 0 saturated heterocycles. The van der Waals surface area contributed by atoms with E-state index in [1.807, 2.05) is 19.1 Å². The van der Waals surface area contributed by atoms with E-state index in [1.165, 1.54) is 0 Å². The Morgan fingerprint density at radius 3 is 2.57 bits per heavy atom. The van der Waals surface area contributed by atoms with Crippen LogP contribution >= 0.6 is 11.6 Å². The first kappa shape index (κ1) is 15.5. The Morgan fingerprint density at radius 2 is 2.00 bits per heavy atom. The maximum atomic E-state index is 11.2. The van der Waals surface area contributed by atoms with Gasteiger partial charge in [-0.25, -0.2) is 4.98 Å². The molecule has 21 heavy (non-hydrogen) atoms. The van der Waals surface area contributed by atoms with Crippen LogP contribution in [0.1, 0.15) is 25.3 Å². The lowest BCUT2D eigenvalue weighted by atomic mass is 10.1. The van der Waals surface area contributed by atoms with Crippen LogP contribution in [-0.4, -0.2) is 16.5 Å². The molecule has 1 heterocycles. The largest absolute Gasteiger partial charge is 0.438 e. The van der Waals surface area contributed by atoms with Crippen molar-refractivity contribution in [3.8, 4) is 11.5 Å². The zero-order valence-corrected chi connectivity index (χ0v) is 12.9. The average Bonchev–Trinajstić information content (AvgIpc) is 2.78. The SMILES string of the molecule is Cc1nc(-c2ccc(Cl)cc2)oc1COC(C)(C)C(N)=O. The summed E-state index contributed by atoms with van der Waals surface area (Å²) in [5.41, 5.74) is 5.73. The molecule has 2 aromatic rings. The van der Waals surface area contributed by atoms with Crippen molar-refractivity contribution in [2.45, 2.75) is 33.0 Å². The smallest absolute Gasteiger partial charge is 0.249 e. The van der Waals surface area contributed by atoms with Gasteiger partial charge in [-0.15, -0.1) is 0 Å². The number of carbonyl (C=O) groups is 1. The molecule has 0 aliphatic carbocycles. The Bertz CT molecular complexity index is 647. The first-order valence-corrected chi connectivity index (χ1v) is 6.83. The molecule has 0 aliphatic rings. The van der Waals surface area contributed by atoms with E-state index in [0.29, 0.717) is 22.4 Å². The number of hydrogen-bond acceptors (Lipinski definition) is 4. The zero-order valence-electron chi connectivity index (χ0n) is 12.1. The third kappa shape index (κ3) is 3.62. The molecule has 0 fully saturated rings. The van der Waals surface area contributed by atoms with Gasteiger partial charge in [0.1, 0.15) is 12.2 Å². The summed E-state index contributed by atoms with van der Waals surface area (Å²) in [6.45, 7) is 5.17. The van der Waals surface area contributed by atoms with E-state index in [9.17, 15) is 4.79 Å². The van der Waals surface area contributed by atoms with Crippen LogP contribution in [0.5, 0.6) is 0 Å². The van der Waals surface area contributed by atoms with E-state index < -0.39 is 11.5 Å². The van der Waals surface area contributed by atoms with E-state index in [1.54, 1.807) is 26.0 Å². The topological polar surface area (TPSA) is 78.3 Å². The number of nitrogens with two attached hydrogens (primary N) is 1. The van der Waals surface area contributed by atoms with Crippen LogP contribution in [0, 0.1) is 6.92 Å². The number of rotatable bonds is 5. The van der Waals surface area contributed by atoms with Crippen LogP contribution in [0.15, 0.2) is 28.7 Å². The number of oxazole rings is 1. The monoisotopic (exact) mass is 308 g/mol. The fraction of sp³-hybridized carbons (Fsp3) is 0.333. The highest BCUT2D eigenvalue weighted by atomic mass is 35.5. The van der Waals surface area contributed by atoms with Gasteiger partial charge in [-0.05, 0) is 45.0 Å². The lowest BCUT2D eigenvalue weighted by Crippen LogP contribution is -2.40. The molecule has 0 aliphatic heterocycles. The van der Waals surface area contributed by atoms with Crippen molar-refractivity contribution in [3.05, 3.63) is 40.7 Å². The summed E-state index contributed by atoms with van der Waals surface area (Å²) in [6, 6.07) is 7.18. The van der Waals surface area contributed by atoms with Crippen molar-refractivity contribution in [2.24, 2.45) is 5.73 Å². The van der Waals surface area contributed by atoms with Crippen molar-refractivity contribution >= 4 is 17.5 Å². The number of hydrogen-bond donors (Lipinski definition) is 1. The molecule has 0 spiro atoms. The number of primary amides is 1. The standard InChI is InChI=1S/C15H17ClN2O3/c1-9-12(8-20-15(2,3)14(17)19)21-13(18-9)10-4-6-11(16)7-5-10/h4-7H,8H2,1-3H3,(H2,17,19). The van der Waals surface area contributed by atoms with E-state index in [4.69, 9.17) is 26.5 Å². The lowest BCUT2D eigenvalue weighted by molar-refractivity contribution is -0.141. The van der Waals surface area contributed by atoms with Crippen LogP contribution < -0.4 is 5.73 Å². The van der Waals surface area contributed by atoms with Crippen LogP contribution in [0.3, 0.4) is 0 Å². The molecule has 0 unspecified atom stereocenters. The summed E-state index contributed by atoms with van der Waals surface area (Å²) in [4.78, 5) is 15.6. The van der Waals surface area contributed by atoms with E-state index in [0.717, 1.165) is 5.56 Å². The minimum atomic E-state index is -1.06. The summed E-state index contributed by atoms with van der Waals surface area (Å²) >= 11 is 5.85. The summed E-state index contributed by atoms with van der Waals surface area (Å²) in [5, 5.41) is 0.647. The Kier molecular flexibility index (Phi) is 4.34. The molecular weight excluding hydrogens is 292 g/mol. The molecule has 0 radical (unpaired) electrons. The third-order valence-corrected chi connectivity index (χ3v) is 3.39. The molecule has 6 heteroatoms. The van der Waals surface area contributed by atoms with E-state index in [-0.39, 0.29) is 6.61 Å². The van der Waals surface area contributed by atoms with E-state index in [2.05, 4.69) is 4.98 Å². The highest BCUT2D eigenvalue weighted by Crippen LogP contribution is 2.24. The summed E-state index contributed by atoms with van der Waals surface area (Å²) in [5.74, 6) is 0.520. The Hall–Kier alpha value is -1.85. The number of amides is 1. The van der Waals surface area contributed by atoms with Crippen molar-refractivity contribution in [2.75, 3.05) is 0 Å². The number of nitrogens with zero attached hydrogens (tertiary/aromatic N) is 1. The van der Waals surface area contributed by atoms with Crippen molar-refractivity contribution < 1.29 is 13.9 Å². The molecule has 1 amide bonds. The number of ether oxygens (including phenoxy) is 1. The average molecular weight is 309 g/mol. The number of halogens is 1. The van der Waals surface area contributed by atoms with Crippen molar-refractivity contribution in [1.82, 2.24) is 4.98 Å². The normalized spacial score (nSPS) is 11.6. The fourth-order valence-electron chi connectivity index (χ4n) is 1.59. The Balaban J connectivity index is 2.16. The quantitative estimate of drug-likeness (QED) is 0.920. The van der Waals surface area contributed by atoms with Gasteiger partial charge >= 0.3 is 0 Å². The van der Waals surface area contributed by atoms with Gasteiger partial charge in [-0.3, -0.25) is 4.79 Å².